The van der Waals surface area contributed by atoms with Gasteiger partial charge in [0.25, 0.3) is 5.91 Å². The fourth-order valence-electron chi connectivity index (χ4n) is 4.39. The first-order chi connectivity index (χ1) is 21.9. The molecular formula is C30H25F6N3O8. The number of hydrogen-bond donors (Lipinski definition) is 2. The van der Waals surface area contributed by atoms with Crippen LogP contribution in [0, 0.1) is 0 Å². The third-order valence-corrected chi connectivity index (χ3v) is 6.55. The zero-order chi connectivity index (χ0) is 35.2. The number of hydrogen-bond acceptors (Lipinski definition) is 7. The maximum atomic E-state index is 13.6. The molecule has 1 aromatic heterocycles. The number of alkyl halides is 6. The number of aromatic amines is 1. The molecule has 0 bridgehead atoms. The number of carboxylic acids is 2. The van der Waals surface area contributed by atoms with E-state index in [1.54, 1.807) is 12.1 Å². The van der Waals surface area contributed by atoms with Crippen molar-refractivity contribution in [1.29, 1.82) is 0 Å². The number of benzene rings is 3. The van der Waals surface area contributed by atoms with Crippen LogP contribution in [-0.4, -0.2) is 60.3 Å². The molecule has 1 aliphatic heterocycles. The Labute approximate surface area is 260 Å². The Bertz CT molecular complexity index is 1790. The SMILES string of the molecule is COn1c(-c2ccccc2)[nH+]c2ccc3c(c2c1=O)[C@@](C)(CNC(=O)c1ccccc1)CO3.O=C(O)C(F)(F)F.O=C([O-])C(F)(F)F. The summed E-state index contributed by atoms with van der Waals surface area (Å²) < 4.78 is 70.5. The summed E-state index contributed by atoms with van der Waals surface area (Å²) in [4.78, 5) is 52.8. The first-order valence-electron chi connectivity index (χ1n) is 13.2. The zero-order valence-electron chi connectivity index (χ0n) is 24.4. The van der Waals surface area contributed by atoms with Gasteiger partial charge in [0.15, 0.2) is 0 Å². The monoisotopic (exact) mass is 669 g/mol. The standard InChI is InChI=1S/C26H23N3O4.2C2HF3O2/c1-26(15-27-24(30)18-11-7-4-8-12-18)16-33-20-14-13-19-21(22(20)26)25(31)29(32-2)23(28-19)17-9-5-3-6-10-17;2*3-2(4,5)1(6)7/h3-14H,15-16H2,1-2H3,(H,27,30);2*(H,6,7)/t26-;;/m0../s1. The number of carboxylic acid groups (broad SMARTS) is 2. The van der Waals surface area contributed by atoms with Crippen LogP contribution in [0.1, 0.15) is 22.8 Å². The van der Waals surface area contributed by atoms with Gasteiger partial charge in [-0.05, 0) is 41.1 Å². The summed E-state index contributed by atoms with van der Waals surface area (Å²) in [6, 6.07) is 22.3. The van der Waals surface area contributed by atoms with Crippen molar-refractivity contribution in [3.63, 3.8) is 0 Å². The van der Waals surface area contributed by atoms with E-state index in [0.717, 1.165) is 11.1 Å². The fraction of sp³-hybridized carbons (Fsp3) is 0.233. The van der Waals surface area contributed by atoms with E-state index in [2.05, 4.69) is 10.3 Å². The summed E-state index contributed by atoms with van der Waals surface area (Å²) in [6.45, 7) is 2.66. The van der Waals surface area contributed by atoms with Crippen LogP contribution >= 0.6 is 0 Å². The van der Waals surface area contributed by atoms with Gasteiger partial charge in [-0.3, -0.25) is 4.79 Å². The molecule has 1 aliphatic rings. The molecule has 0 unspecified atom stereocenters. The van der Waals surface area contributed by atoms with Crippen molar-refractivity contribution >= 4 is 28.7 Å². The van der Waals surface area contributed by atoms with Gasteiger partial charge < -0.3 is 29.9 Å². The Kier molecular flexibility index (Phi) is 10.8. The Morgan fingerprint density at radius 3 is 2.00 bits per heavy atom. The third kappa shape index (κ3) is 8.56. The van der Waals surface area contributed by atoms with Crippen molar-refractivity contribution < 1.29 is 65.5 Å². The number of aliphatic carboxylic acids is 2. The van der Waals surface area contributed by atoms with E-state index in [1.165, 1.54) is 11.8 Å². The van der Waals surface area contributed by atoms with Crippen LogP contribution in [0.15, 0.2) is 77.6 Å². The van der Waals surface area contributed by atoms with E-state index in [0.29, 0.717) is 41.2 Å². The van der Waals surface area contributed by atoms with Crippen molar-refractivity contribution in [2.24, 2.45) is 0 Å². The summed E-state index contributed by atoms with van der Waals surface area (Å²) in [5.74, 6) is -4.74. The number of ether oxygens (including phenoxy) is 1. The number of halogens is 6. The quantitative estimate of drug-likeness (QED) is 0.307. The van der Waals surface area contributed by atoms with Crippen LogP contribution in [0.4, 0.5) is 26.3 Å². The highest BCUT2D eigenvalue weighted by atomic mass is 19.4. The number of aromatic nitrogens is 2. The first-order valence-corrected chi connectivity index (χ1v) is 13.2. The number of H-pyrrole nitrogens is 1. The molecule has 0 fully saturated rings. The van der Waals surface area contributed by atoms with Crippen LogP contribution in [0.3, 0.4) is 0 Å². The van der Waals surface area contributed by atoms with Crippen LogP contribution in [0.5, 0.6) is 5.75 Å². The molecule has 250 valence electrons. The van der Waals surface area contributed by atoms with Crippen molar-refractivity contribution in [2.45, 2.75) is 24.7 Å². The van der Waals surface area contributed by atoms with Gasteiger partial charge >= 0.3 is 29.7 Å². The normalized spacial score (nSPS) is 15.1. The number of nitrogens with one attached hydrogen (secondary N) is 2. The number of carbonyl (C=O) groups is 3. The predicted molar refractivity (Wildman–Crippen MR) is 149 cm³/mol. The Balaban J connectivity index is 0.000000360. The fourth-order valence-corrected chi connectivity index (χ4v) is 4.39. The average molecular weight is 670 g/mol. The predicted octanol–water partition coefficient (Wildman–Crippen LogP) is 2.55. The average Bonchev–Trinajstić information content (AvgIpc) is 3.36. The molecule has 0 saturated carbocycles. The van der Waals surface area contributed by atoms with Gasteiger partial charge in [-0.1, -0.05) is 43.3 Å². The zero-order valence-corrected chi connectivity index (χ0v) is 24.4. The lowest BCUT2D eigenvalue weighted by molar-refractivity contribution is -0.344. The van der Waals surface area contributed by atoms with Crippen molar-refractivity contribution in [3.8, 4) is 17.1 Å². The van der Waals surface area contributed by atoms with Gasteiger partial charge in [0.2, 0.25) is 0 Å². The maximum Gasteiger partial charge on any atom is 0.490 e. The van der Waals surface area contributed by atoms with Gasteiger partial charge in [-0.15, -0.1) is 0 Å². The molecule has 3 N–H and O–H groups in total. The topological polar surface area (TPSA) is 161 Å². The van der Waals surface area contributed by atoms with Gasteiger partial charge in [0.1, 0.15) is 29.7 Å². The minimum atomic E-state index is -5.19. The molecule has 1 amide bonds. The van der Waals surface area contributed by atoms with E-state index in [9.17, 15) is 35.9 Å². The second-order valence-electron chi connectivity index (χ2n) is 9.97. The molecule has 11 nitrogen and oxygen atoms in total. The van der Waals surface area contributed by atoms with Crippen molar-refractivity contribution in [3.05, 3.63) is 94.3 Å². The summed E-state index contributed by atoms with van der Waals surface area (Å²) in [5, 5.41) is 19.4. The highest BCUT2D eigenvalue weighted by Gasteiger charge is 2.41. The molecule has 3 aromatic carbocycles. The second kappa shape index (κ2) is 14.2. The number of fused-ring (bicyclic) bond motifs is 3. The van der Waals surface area contributed by atoms with E-state index in [4.69, 9.17) is 29.4 Å². The minimum Gasteiger partial charge on any atom is -0.542 e. The Morgan fingerprint density at radius 2 is 1.51 bits per heavy atom. The minimum absolute atomic E-state index is 0.169. The summed E-state index contributed by atoms with van der Waals surface area (Å²) in [7, 11) is 1.46. The highest BCUT2D eigenvalue weighted by molar-refractivity contribution is 5.94. The third-order valence-electron chi connectivity index (χ3n) is 6.55. The molecule has 1 atom stereocenters. The molecule has 2 heterocycles. The van der Waals surface area contributed by atoms with Crippen molar-refractivity contribution in [2.75, 3.05) is 20.3 Å². The molecule has 0 spiro atoms. The van der Waals surface area contributed by atoms with E-state index in [1.807, 2.05) is 67.6 Å². The Morgan fingerprint density at radius 1 is 0.979 bits per heavy atom. The van der Waals surface area contributed by atoms with E-state index < -0.39 is 29.7 Å². The Hall–Kier alpha value is -5.61. The van der Waals surface area contributed by atoms with Gasteiger partial charge in [0.05, 0.1) is 12.2 Å². The summed E-state index contributed by atoms with van der Waals surface area (Å²) >= 11 is 0. The highest BCUT2D eigenvalue weighted by Crippen LogP contribution is 2.41. The maximum absolute atomic E-state index is 13.6. The van der Waals surface area contributed by atoms with E-state index >= 15 is 0 Å². The van der Waals surface area contributed by atoms with Gasteiger partial charge in [0, 0.05) is 23.1 Å². The van der Waals surface area contributed by atoms with Gasteiger partial charge in [-0.25, -0.2) is 14.6 Å². The number of rotatable bonds is 5. The smallest absolute Gasteiger partial charge is 0.490 e. The molecule has 5 rings (SSSR count). The molecule has 47 heavy (non-hydrogen) atoms. The summed E-state index contributed by atoms with van der Waals surface area (Å²) in [5.41, 5.74) is 1.98. The second-order valence-corrected chi connectivity index (χ2v) is 9.97. The lowest BCUT2D eigenvalue weighted by Gasteiger charge is -2.23. The molecule has 0 aliphatic carbocycles. The largest absolute Gasteiger partial charge is 0.542 e. The summed E-state index contributed by atoms with van der Waals surface area (Å²) in [6.07, 6.45) is -10.3. The molecular weight excluding hydrogens is 644 g/mol. The lowest BCUT2D eigenvalue weighted by atomic mass is 9.82. The van der Waals surface area contributed by atoms with Crippen LogP contribution < -0.4 is 30.5 Å². The molecule has 0 radical (unpaired) electrons. The molecule has 0 saturated heterocycles. The first kappa shape index (κ1) is 35.9. The van der Waals surface area contributed by atoms with Gasteiger partial charge in [-0.2, -0.15) is 26.3 Å². The number of nitrogens with zero attached hydrogens (tertiary/aromatic N) is 1. The lowest BCUT2D eigenvalue weighted by Crippen LogP contribution is -2.41. The number of carbonyl (C=O) groups excluding carboxylic acids is 2. The van der Waals surface area contributed by atoms with Crippen LogP contribution in [-0.2, 0) is 15.0 Å². The van der Waals surface area contributed by atoms with Crippen LogP contribution in [0.25, 0.3) is 22.3 Å². The van der Waals surface area contributed by atoms with Crippen LogP contribution in [0.2, 0.25) is 0 Å². The number of amides is 1. The van der Waals surface area contributed by atoms with Crippen molar-refractivity contribution in [1.82, 2.24) is 10.0 Å². The van der Waals surface area contributed by atoms with E-state index in [-0.39, 0.29) is 11.5 Å². The molecule has 4 aromatic rings. The molecule has 17 heteroatoms.